The minimum Gasteiger partial charge on any atom is -0.329 e. The van der Waals surface area contributed by atoms with Crippen molar-refractivity contribution in [3.63, 3.8) is 0 Å². The van der Waals surface area contributed by atoms with Gasteiger partial charge in [0.25, 0.3) is 5.56 Å². The molecular formula is C10H17N3O4S. The van der Waals surface area contributed by atoms with E-state index in [-0.39, 0.29) is 25.4 Å². The summed E-state index contributed by atoms with van der Waals surface area (Å²) in [6, 6.07) is 1.28. The standard InChI is InChI=1S/C10H17N3O4S/c1-18(16,17)8-2-5-12-6-3-9(14)13(7-4-11)10(12)15/h3,6H,2,4-5,7-8,11H2,1H3. The number of aromatic nitrogens is 2. The van der Waals surface area contributed by atoms with Gasteiger partial charge in [-0.25, -0.2) is 13.2 Å². The molecule has 1 aromatic rings. The van der Waals surface area contributed by atoms with Gasteiger partial charge >= 0.3 is 5.69 Å². The zero-order valence-electron chi connectivity index (χ0n) is 10.2. The van der Waals surface area contributed by atoms with Crippen molar-refractivity contribution in [2.45, 2.75) is 19.5 Å². The van der Waals surface area contributed by atoms with Gasteiger partial charge in [-0.2, -0.15) is 0 Å². The van der Waals surface area contributed by atoms with Crippen molar-refractivity contribution in [1.82, 2.24) is 9.13 Å². The fraction of sp³-hybridized carbons (Fsp3) is 0.600. The highest BCUT2D eigenvalue weighted by molar-refractivity contribution is 7.90. The molecule has 8 heteroatoms. The van der Waals surface area contributed by atoms with Gasteiger partial charge in [-0.1, -0.05) is 0 Å². The fourth-order valence-electron chi connectivity index (χ4n) is 1.56. The molecular weight excluding hydrogens is 258 g/mol. The van der Waals surface area contributed by atoms with E-state index in [4.69, 9.17) is 5.73 Å². The van der Waals surface area contributed by atoms with E-state index in [0.717, 1.165) is 10.8 Å². The fourth-order valence-corrected chi connectivity index (χ4v) is 2.21. The van der Waals surface area contributed by atoms with E-state index in [0.29, 0.717) is 6.42 Å². The van der Waals surface area contributed by atoms with Gasteiger partial charge in [-0.3, -0.25) is 9.36 Å². The van der Waals surface area contributed by atoms with Crippen LogP contribution in [0.15, 0.2) is 21.9 Å². The average molecular weight is 275 g/mol. The zero-order valence-corrected chi connectivity index (χ0v) is 11.0. The summed E-state index contributed by atoms with van der Waals surface area (Å²) < 4.78 is 24.3. The van der Waals surface area contributed by atoms with Crippen molar-refractivity contribution < 1.29 is 8.42 Å². The van der Waals surface area contributed by atoms with Crippen LogP contribution in [0.1, 0.15) is 6.42 Å². The second-order valence-corrected chi connectivity index (χ2v) is 6.31. The molecule has 0 bridgehead atoms. The van der Waals surface area contributed by atoms with Crippen molar-refractivity contribution in [3.8, 4) is 0 Å². The molecule has 0 saturated carbocycles. The first kappa shape index (κ1) is 14.7. The van der Waals surface area contributed by atoms with Gasteiger partial charge in [0.15, 0.2) is 0 Å². The van der Waals surface area contributed by atoms with Gasteiger partial charge in [-0.05, 0) is 6.42 Å². The predicted molar refractivity (Wildman–Crippen MR) is 68.3 cm³/mol. The van der Waals surface area contributed by atoms with Crippen LogP contribution in [0.2, 0.25) is 0 Å². The zero-order chi connectivity index (χ0) is 13.8. The van der Waals surface area contributed by atoms with Crippen LogP contribution in [0, 0.1) is 0 Å². The molecule has 1 heterocycles. The summed E-state index contributed by atoms with van der Waals surface area (Å²) in [4.78, 5) is 23.3. The van der Waals surface area contributed by atoms with Gasteiger partial charge in [0.2, 0.25) is 0 Å². The van der Waals surface area contributed by atoms with Crippen molar-refractivity contribution in [2.75, 3.05) is 18.6 Å². The van der Waals surface area contributed by atoms with Crippen LogP contribution in [0.5, 0.6) is 0 Å². The molecule has 0 atom stereocenters. The van der Waals surface area contributed by atoms with Gasteiger partial charge in [0, 0.05) is 38.2 Å². The molecule has 0 aromatic carbocycles. The highest BCUT2D eigenvalue weighted by atomic mass is 32.2. The van der Waals surface area contributed by atoms with Crippen LogP contribution in [0.4, 0.5) is 0 Å². The molecule has 0 spiro atoms. The molecule has 7 nitrogen and oxygen atoms in total. The monoisotopic (exact) mass is 275 g/mol. The van der Waals surface area contributed by atoms with Crippen LogP contribution in [0.3, 0.4) is 0 Å². The van der Waals surface area contributed by atoms with Crippen LogP contribution < -0.4 is 17.0 Å². The minimum atomic E-state index is -3.04. The van der Waals surface area contributed by atoms with Crippen LogP contribution in [-0.4, -0.2) is 36.1 Å². The Bertz CT molecular complexity index is 615. The van der Waals surface area contributed by atoms with E-state index >= 15 is 0 Å². The van der Waals surface area contributed by atoms with Gasteiger partial charge in [-0.15, -0.1) is 0 Å². The maximum absolute atomic E-state index is 11.9. The van der Waals surface area contributed by atoms with E-state index in [1.165, 1.54) is 16.8 Å². The molecule has 18 heavy (non-hydrogen) atoms. The van der Waals surface area contributed by atoms with E-state index in [9.17, 15) is 18.0 Å². The summed E-state index contributed by atoms with van der Waals surface area (Å²) in [5.74, 6) is 0.00938. The summed E-state index contributed by atoms with van der Waals surface area (Å²) in [7, 11) is -3.04. The predicted octanol–water partition coefficient (Wildman–Crippen LogP) is -1.60. The third-order valence-corrected chi connectivity index (χ3v) is 3.44. The molecule has 0 amide bonds. The highest BCUT2D eigenvalue weighted by Crippen LogP contribution is 1.91. The van der Waals surface area contributed by atoms with Gasteiger partial charge < -0.3 is 10.3 Å². The number of hydrogen-bond donors (Lipinski definition) is 1. The molecule has 102 valence electrons. The van der Waals surface area contributed by atoms with E-state index in [2.05, 4.69) is 0 Å². The number of aryl methyl sites for hydroxylation is 1. The maximum Gasteiger partial charge on any atom is 0.331 e. The van der Waals surface area contributed by atoms with E-state index in [1.54, 1.807) is 0 Å². The third kappa shape index (κ3) is 4.11. The smallest absolute Gasteiger partial charge is 0.329 e. The Morgan fingerprint density at radius 2 is 1.94 bits per heavy atom. The largest absolute Gasteiger partial charge is 0.331 e. The molecule has 1 rings (SSSR count). The maximum atomic E-state index is 11.9. The quantitative estimate of drug-likeness (QED) is 0.673. The second kappa shape index (κ2) is 5.96. The number of nitrogens with zero attached hydrogens (tertiary/aromatic N) is 2. The molecule has 0 aliphatic heterocycles. The summed E-state index contributed by atoms with van der Waals surface area (Å²) in [6.07, 6.45) is 2.85. The third-order valence-electron chi connectivity index (χ3n) is 2.41. The first-order valence-corrected chi connectivity index (χ1v) is 7.59. The molecule has 0 unspecified atom stereocenters. The van der Waals surface area contributed by atoms with Crippen LogP contribution in [0.25, 0.3) is 0 Å². The topological polar surface area (TPSA) is 104 Å². The Hall–Kier alpha value is -1.41. The minimum absolute atomic E-state index is 0.00938. The molecule has 2 N–H and O–H groups in total. The van der Waals surface area contributed by atoms with Gasteiger partial charge in [0.05, 0.1) is 5.75 Å². The second-order valence-electron chi connectivity index (χ2n) is 4.05. The first-order chi connectivity index (χ1) is 8.35. The molecule has 0 aliphatic rings. The molecule has 0 fully saturated rings. The Morgan fingerprint density at radius 1 is 1.28 bits per heavy atom. The Balaban J connectivity index is 2.88. The number of nitrogens with two attached hydrogens (primary N) is 1. The SMILES string of the molecule is CS(=O)(=O)CCCn1ccc(=O)n(CCN)c1=O. The first-order valence-electron chi connectivity index (χ1n) is 5.53. The average Bonchev–Trinajstić information content (AvgIpc) is 2.26. The van der Waals surface area contributed by atoms with Crippen molar-refractivity contribution in [3.05, 3.63) is 33.1 Å². The lowest BCUT2D eigenvalue weighted by Gasteiger charge is -2.08. The summed E-state index contributed by atoms with van der Waals surface area (Å²) in [5.41, 5.74) is 4.46. The summed E-state index contributed by atoms with van der Waals surface area (Å²) in [5, 5.41) is 0. The van der Waals surface area contributed by atoms with Crippen LogP contribution in [-0.2, 0) is 22.9 Å². The van der Waals surface area contributed by atoms with Crippen molar-refractivity contribution in [1.29, 1.82) is 0 Å². The number of hydrogen-bond acceptors (Lipinski definition) is 5. The highest BCUT2D eigenvalue weighted by Gasteiger charge is 2.06. The number of rotatable bonds is 6. The normalized spacial score (nSPS) is 11.7. The van der Waals surface area contributed by atoms with Crippen LogP contribution >= 0.6 is 0 Å². The van der Waals surface area contributed by atoms with Crippen molar-refractivity contribution >= 4 is 9.84 Å². The summed E-state index contributed by atoms with van der Waals surface area (Å²) >= 11 is 0. The lowest BCUT2D eigenvalue weighted by Crippen LogP contribution is -2.40. The van der Waals surface area contributed by atoms with E-state index < -0.39 is 21.1 Å². The lowest BCUT2D eigenvalue weighted by atomic mass is 10.4. The molecule has 0 radical (unpaired) electrons. The Morgan fingerprint density at radius 3 is 2.50 bits per heavy atom. The number of sulfone groups is 1. The van der Waals surface area contributed by atoms with Gasteiger partial charge in [0.1, 0.15) is 9.84 Å². The Kier molecular flexibility index (Phi) is 4.85. The van der Waals surface area contributed by atoms with E-state index in [1.807, 2.05) is 0 Å². The molecule has 1 aromatic heterocycles. The summed E-state index contributed by atoms with van der Waals surface area (Å²) in [6.45, 7) is 0.615. The molecule has 0 aliphatic carbocycles. The van der Waals surface area contributed by atoms with Crippen molar-refractivity contribution in [2.24, 2.45) is 5.73 Å². The lowest BCUT2D eigenvalue weighted by molar-refractivity contribution is 0.545. The molecule has 0 saturated heterocycles. The Labute approximate surface area is 105 Å².